The first kappa shape index (κ1) is 26.7. The summed E-state index contributed by atoms with van der Waals surface area (Å²) in [4.78, 5) is 13.2. The van der Waals surface area contributed by atoms with Crippen molar-refractivity contribution >= 4 is 37.5 Å². The molecule has 0 aliphatic heterocycles. The van der Waals surface area contributed by atoms with E-state index in [1.165, 1.54) is 36.7 Å². The van der Waals surface area contributed by atoms with E-state index in [1.54, 1.807) is 0 Å². The summed E-state index contributed by atoms with van der Waals surface area (Å²) < 4.78 is 39.9. The summed E-state index contributed by atoms with van der Waals surface area (Å²) in [5.41, 5.74) is 3.31. The van der Waals surface area contributed by atoms with Gasteiger partial charge >= 0.3 is 0 Å². The van der Waals surface area contributed by atoms with Gasteiger partial charge in [-0.3, -0.25) is 4.79 Å². The van der Waals surface area contributed by atoms with Gasteiger partial charge in [0.25, 0.3) is 0 Å². The number of anilines is 1. The van der Waals surface area contributed by atoms with Gasteiger partial charge in [-0.1, -0.05) is 53.2 Å². The fourth-order valence-corrected chi connectivity index (χ4v) is 5.77. The lowest BCUT2D eigenvalue weighted by Gasteiger charge is -2.23. The Morgan fingerprint density at radius 2 is 1.69 bits per heavy atom. The Morgan fingerprint density at radius 1 is 1.00 bits per heavy atom. The predicted octanol–water partition coefficient (Wildman–Crippen LogP) is 5.17. The third kappa shape index (κ3) is 6.42. The van der Waals surface area contributed by atoms with Crippen molar-refractivity contribution in [2.24, 2.45) is 0 Å². The fourth-order valence-electron chi connectivity index (χ4n) is 3.75. The number of halogens is 1. The summed E-state index contributed by atoms with van der Waals surface area (Å²) in [6, 6.07) is 17.4. The fraction of sp³-hybridized carbons (Fsp3) is 0.269. The molecule has 0 saturated carbocycles. The molecule has 9 heteroatoms. The molecular weight excluding hydrogens is 532 g/mol. The van der Waals surface area contributed by atoms with Gasteiger partial charge in [-0.25, -0.2) is 8.42 Å². The first-order chi connectivity index (χ1) is 16.7. The Morgan fingerprint density at radius 3 is 2.31 bits per heavy atom. The van der Waals surface area contributed by atoms with Crippen LogP contribution in [0.1, 0.15) is 23.6 Å². The Kier molecular flexibility index (Phi) is 8.93. The summed E-state index contributed by atoms with van der Waals surface area (Å²) in [6.07, 6.45) is 0.716. The number of carbonyl (C=O) groups excluding carboxylic acids is 1. The molecule has 0 radical (unpaired) electrons. The first-order valence-electron chi connectivity index (χ1n) is 11.0. The number of benzene rings is 3. The second-order valence-corrected chi connectivity index (χ2v) is 10.8. The van der Waals surface area contributed by atoms with Gasteiger partial charge in [-0.2, -0.15) is 4.31 Å². The second-order valence-electron chi connectivity index (χ2n) is 7.93. The average Bonchev–Trinajstić information content (AvgIpc) is 2.85. The molecule has 3 aromatic rings. The molecule has 0 aliphatic rings. The van der Waals surface area contributed by atoms with E-state index in [2.05, 4.69) is 21.2 Å². The van der Waals surface area contributed by atoms with Crippen LogP contribution in [0.3, 0.4) is 0 Å². The van der Waals surface area contributed by atoms with E-state index in [0.29, 0.717) is 17.9 Å². The summed E-state index contributed by atoms with van der Waals surface area (Å²) >= 11 is 3.49. The van der Waals surface area contributed by atoms with E-state index >= 15 is 0 Å². The topological polar surface area (TPSA) is 84.9 Å². The highest BCUT2D eigenvalue weighted by Crippen LogP contribution is 2.31. The summed E-state index contributed by atoms with van der Waals surface area (Å²) in [5, 5.41) is 2.93. The number of sulfonamides is 1. The molecule has 3 rings (SSSR count). The lowest BCUT2D eigenvalue weighted by atomic mass is 10.1. The van der Waals surface area contributed by atoms with Crippen molar-refractivity contribution in [3.05, 3.63) is 81.8 Å². The van der Waals surface area contributed by atoms with Crippen molar-refractivity contribution in [2.45, 2.75) is 31.7 Å². The van der Waals surface area contributed by atoms with Crippen molar-refractivity contribution < 1.29 is 22.7 Å². The number of hydrogen-bond acceptors (Lipinski definition) is 5. The number of carbonyl (C=O) groups is 1. The van der Waals surface area contributed by atoms with Crippen LogP contribution >= 0.6 is 15.9 Å². The number of methoxy groups -OCH3 is 2. The van der Waals surface area contributed by atoms with E-state index in [0.717, 1.165) is 21.2 Å². The molecule has 0 atom stereocenters. The van der Waals surface area contributed by atoms with E-state index < -0.39 is 15.9 Å². The van der Waals surface area contributed by atoms with Gasteiger partial charge in [0.2, 0.25) is 15.9 Å². The van der Waals surface area contributed by atoms with Gasteiger partial charge in [0.1, 0.15) is 0 Å². The third-order valence-electron chi connectivity index (χ3n) is 5.54. The quantitative estimate of drug-likeness (QED) is 0.370. The van der Waals surface area contributed by atoms with Crippen molar-refractivity contribution in [2.75, 3.05) is 26.1 Å². The van der Waals surface area contributed by atoms with Crippen molar-refractivity contribution in [3.63, 3.8) is 0 Å². The van der Waals surface area contributed by atoms with Crippen LogP contribution in [0.4, 0.5) is 5.69 Å². The molecule has 35 heavy (non-hydrogen) atoms. The SMILES string of the molecule is CCc1cc(Br)cc(C)c1NC(=O)CN(Cc1ccccc1)S(=O)(=O)c1ccc(OC)c(OC)c1. The molecule has 0 aliphatic carbocycles. The number of nitrogens with one attached hydrogen (secondary N) is 1. The minimum Gasteiger partial charge on any atom is -0.493 e. The maximum Gasteiger partial charge on any atom is 0.243 e. The maximum absolute atomic E-state index is 13.7. The van der Waals surface area contributed by atoms with E-state index in [1.807, 2.05) is 56.3 Å². The van der Waals surface area contributed by atoms with E-state index in [4.69, 9.17) is 9.47 Å². The molecule has 0 unspecified atom stereocenters. The molecule has 0 heterocycles. The number of amides is 1. The third-order valence-corrected chi connectivity index (χ3v) is 7.79. The van der Waals surface area contributed by atoms with Crippen LogP contribution in [0, 0.1) is 6.92 Å². The Balaban J connectivity index is 1.95. The van der Waals surface area contributed by atoms with Crippen LogP contribution in [0.15, 0.2) is 70.0 Å². The lowest BCUT2D eigenvalue weighted by Crippen LogP contribution is -2.37. The highest BCUT2D eigenvalue weighted by atomic mass is 79.9. The molecule has 0 spiro atoms. The second kappa shape index (κ2) is 11.7. The lowest BCUT2D eigenvalue weighted by molar-refractivity contribution is -0.116. The minimum absolute atomic E-state index is 0.00736. The molecule has 7 nitrogen and oxygen atoms in total. The minimum atomic E-state index is -4.05. The van der Waals surface area contributed by atoms with E-state index in [9.17, 15) is 13.2 Å². The monoisotopic (exact) mass is 560 g/mol. The molecule has 3 aromatic carbocycles. The normalized spacial score (nSPS) is 11.4. The maximum atomic E-state index is 13.7. The standard InChI is InChI=1S/C26H29BrN2O5S/c1-5-20-14-21(27)13-18(2)26(20)28-25(30)17-29(16-19-9-7-6-8-10-19)35(31,32)22-11-12-23(33-3)24(15-22)34-4/h6-15H,5,16-17H2,1-4H3,(H,28,30). The molecule has 0 fully saturated rings. The van der Waals surface area contributed by atoms with Gasteiger partial charge in [0.15, 0.2) is 11.5 Å². The number of hydrogen-bond donors (Lipinski definition) is 1. The zero-order valence-corrected chi connectivity index (χ0v) is 22.6. The van der Waals surface area contributed by atoms with Crippen molar-refractivity contribution in [1.29, 1.82) is 0 Å². The largest absolute Gasteiger partial charge is 0.493 e. The molecule has 1 N–H and O–H groups in total. The molecule has 0 saturated heterocycles. The number of aryl methyl sites for hydroxylation is 2. The van der Waals surface area contributed by atoms with E-state index in [-0.39, 0.29) is 23.7 Å². The summed E-state index contributed by atoms with van der Waals surface area (Å²) in [7, 11) is -1.13. The van der Waals surface area contributed by atoms with Crippen LogP contribution in [0.25, 0.3) is 0 Å². The Bertz CT molecular complexity index is 1300. The first-order valence-corrected chi connectivity index (χ1v) is 13.3. The molecular formula is C26H29BrN2O5S. The highest BCUT2D eigenvalue weighted by Gasteiger charge is 2.28. The summed E-state index contributed by atoms with van der Waals surface area (Å²) in [5.74, 6) is 0.275. The zero-order chi connectivity index (χ0) is 25.6. The van der Waals surface area contributed by atoms with Gasteiger partial charge < -0.3 is 14.8 Å². The number of ether oxygens (including phenoxy) is 2. The average molecular weight is 561 g/mol. The predicted molar refractivity (Wildman–Crippen MR) is 140 cm³/mol. The van der Waals surface area contributed by atoms with Gasteiger partial charge in [-0.05, 0) is 54.3 Å². The van der Waals surface area contributed by atoms with Gasteiger partial charge in [0, 0.05) is 22.8 Å². The molecule has 0 bridgehead atoms. The smallest absolute Gasteiger partial charge is 0.243 e. The highest BCUT2D eigenvalue weighted by molar-refractivity contribution is 9.10. The Hall–Kier alpha value is -2.88. The van der Waals surface area contributed by atoms with Crippen LogP contribution in [0.5, 0.6) is 11.5 Å². The molecule has 0 aromatic heterocycles. The number of rotatable bonds is 10. The van der Waals surface area contributed by atoms with Crippen LogP contribution in [0.2, 0.25) is 0 Å². The van der Waals surface area contributed by atoms with Gasteiger partial charge in [0.05, 0.1) is 25.7 Å². The van der Waals surface area contributed by atoms with Crippen LogP contribution < -0.4 is 14.8 Å². The Labute approximate surface area is 215 Å². The van der Waals surface area contributed by atoms with Crippen LogP contribution in [-0.4, -0.2) is 39.4 Å². The molecule has 186 valence electrons. The number of nitrogens with zero attached hydrogens (tertiary/aromatic N) is 1. The van der Waals surface area contributed by atoms with Gasteiger partial charge in [-0.15, -0.1) is 0 Å². The molecule has 1 amide bonds. The van der Waals surface area contributed by atoms with Crippen LogP contribution in [-0.2, 0) is 27.8 Å². The zero-order valence-electron chi connectivity index (χ0n) is 20.2. The summed E-state index contributed by atoms with van der Waals surface area (Å²) in [6.45, 7) is 3.58. The van der Waals surface area contributed by atoms with Crippen molar-refractivity contribution in [1.82, 2.24) is 4.31 Å². The van der Waals surface area contributed by atoms with Crippen molar-refractivity contribution in [3.8, 4) is 11.5 Å².